The third kappa shape index (κ3) is 4.53. The molecule has 0 unspecified atom stereocenters. The van der Waals surface area contributed by atoms with Crippen LogP contribution in [0.25, 0.3) is 0 Å². The molecule has 0 spiro atoms. The van der Waals surface area contributed by atoms with Crippen molar-refractivity contribution in [2.24, 2.45) is 29.1 Å². The summed E-state index contributed by atoms with van der Waals surface area (Å²) in [4.78, 5) is 13.8. The number of methoxy groups -OCH3 is 2. The molecule has 8 heteroatoms. The molecule has 3 fully saturated rings. The van der Waals surface area contributed by atoms with E-state index in [1.54, 1.807) is 18.6 Å². The van der Waals surface area contributed by atoms with Crippen molar-refractivity contribution in [1.29, 1.82) is 0 Å². The highest BCUT2D eigenvalue weighted by Crippen LogP contribution is 2.68. The van der Waals surface area contributed by atoms with Crippen LogP contribution in [0, 0.1) is 29.1 Å². The Hall–Kier alpha value is -1.80. The van der Waals surface area contributed by atoms with E-state index in [0.29, 0.717) is 40.7 Å². The van der Waals surface area contributed by atoms with Crippen LogP contribution in [0.2, 0.25) is 18.1 Å². The van der Waals surface area contributed by atoms with Gasteiger partial charge in [-0.15, -0.1) is 0 Å². The van der Waals surface area contributed by atoms with Gasteiger partial charge in [-0.1, -0.05) is 54.0 Å². The molecule has 1 aliphatic heterocycles. The van der Waals surface area contributed by atoms with Crippen LogP contribution in [0.5, 0.6) is 17.2 Å². The summed E-state index contributed by atoms with van der Waals surface area (Å²) in [5.41, 5.74) is 1.97. The van der Waals surface area contributed by atoms with E-state index in [1.165, 1.54) is 7.11 Å². The molecule has 5 rings (SSSR count). The van der Waals surface area contributed by atoms with Gasteiger partial charge in [0.25, 0.3) is 8.32 Å². The summed E-state index contributed by atoms with van der Waals surface area (Å²) in [6.45, 7) is 19.1. The highest BCUT2D eigenvalue weighted by atomic mass is 32.2. The second-order valence-corrected chi connectivity index (χ2v) is 20.7. The Morgan fingerprint density at radius 1 is 1.11 bits per heavy atom. The number of Topliss-reactive ketones (excluding diaryl/α,β-unsaturated/α-hetero) is 1. The van der Waals surface area contributed by atoms with Gasteiger partial charge in [-0.3, -0.25) is 4.79 Å². The number of allylic oxidation sites excluding steroid dienone is 1. The van der Waals surface area contributed by atoms with Gasteiger partial charge in [0.05, 0.1) is 19.8 Å². The van der Waals surface area contributed by atoms with Crippen molar-refractivity contribution in [3.63, 3.8) is 0 Å². The van der Waals surface area contributed by atoms with E-state index in [1.807, 2.05) is 13.8 Å². The molecule has 0 amide bonds. The monoisotopic (exact) mass is 562 g/mol. The molecular weight excluding hydrogens is 516 g/mol. The van der Waals surface area contributed by atoms with Gasteiger partial charge in [-0.05, 0) is 54.1 Å². The summed E-state index contributed by atoms with van der Waals surface area (Å²) < 4.78 is 46.6. The van der Waals surface area contributed by atoms with Crippen LogP contribution in [0.15, 0.2) is 17.0 Å². The first kappa shape index (κ1) is 29.2. The Bertz CT molecular complexity index is 1270. The van der Waals surface area contributed by atoms with Crippen molar-refractivity contribution in [2.75, 3.05) is 14.2 Å². The molecule has 0 radical (unpaired) electrons. The second-order valence-electron chi connectivity index (χ2n) is 14.1. The minimum atomic E-state index is -3.67. The summed E-state index contributed by atoms with van der Waals surface area (Å²) in [6.07, 6.45) is 2.16. The fraction of sp³-hybridized carbons (Fsp3) is 0.700. The molecule has 0 aromatic heterocycles. The van der Waals surface area contributed by atoms with Crippen LogP contribution >= 0.6 is 0 Å². The maximum absolute atomic E-state index is 14.0. The number of hydrogen-bond donors (Lipinski definition) is 0. The van der Waals surface area contributed by atoms with Crippen LogP contribution in [0.3, 0.4) is 0 Å². The molecule has 3 aliphatic carbocycles. The van der Waals surface area contributed by atoms with Crippen molar-refractivity contribution in [3.8, 4) is 17.2 Å². The second kappa shape index (κ2) is 9.39. The number of carbonyl (C=O) groups excluding carboxylic acids is 1. The van der Waals surface area contributed by atoms with Crippen molar-refractivity contribution < 1.29 is 27.1 Å². The van der Waals surface area contributed by atoms with Gasteiger partial charge in [0.15, 0.2) is 15.6 Å². The van der Waals surface area contributed by atoms with E-state index in [2.05, 4.69) is 47.7 Å². The quantitative estimate of drug-likeness (QED) is 0.243. The van der Waals surface area contributed by atoms with Crippen LogP contribution in [-0.4, -0.2) is 36.7 Å². The zero-order chi connectivity index (χ0) is 28.6. The summed E-state index contributed by atoms with van der Waals surface area (Å²) in [7, 11) is -3.11. The number of ether oxygens (including phenoxy) is 2. The highest BCUT2D eigenvalue weighted by Gasteiger charge is 2.61. The fourth-order valence-electron chi connectivity index (χ4n) is 6.49. The zero-order valence-electron chi connectivity index (χ0n) is 25.0. The Morgan fingerprint density at radius 3 is 2.21 bits per heavy atom. The average molecular weight is 563 g/mol. The standard InChI is InChI=1S/C30H46O6SSi/c1-17(2)12-22(31)25-23(34-8)15-24(35-9)26(27(25)36-38(10,11)29(3,4)5)28-19-13-18-14-21(30(18,6)7)20(19)16-37(28,32)33/h15-19,21,28H,12-14H2,1-11H3/t18-,19-,21-,28-/m0/s1. The first-order chi connectivity index (χ1) is 17.4. The van der Waals surface area contributed by atoms with Crippen molar-refractivity contribution in [1.82, 2.24) is 0 Å². The Morgan fingerprint density at radius 2 is 1.71 bits per heavy atom. The smallest absolute Gasteiger partial charge is 0.250 e. The Kier molecular flexibility index (Phi) is 7.21. The first-order valence-electron chi connectivity index (χ1n) is 13.8. The van der Waals surface area contributed by atoms with Gasteiger partial charge in [0.2, 0.25) is 0 Å². The first-order valence-corrected chi connectivity index (χ1v) is 18.4. The molecule has 1 aromatic rings. The van der Waals surface area contributed by atoms with E-state index in [-0.39, 0.29) is 34.0 Å². The van der Waals surface area contributed by atoms with Crippen LogP contribution in [0.4, 0.5) is 0 Å². The van der Waals surface area contributed by atoms with E-state index < -0.39 is 23.4 Å². The molecule has 3 saturated carbocycles. The van der Waals surface area contributed by atoms with Crippen LogP contribution < -0.4 is 13.9 Å². The average Bonchev–Trinajstić information content (AvgIpc) is 3.05. The number of benzene rings is 1. The van der Waals surface area contributed by atoms with Crippen molar-refractivity contribution in [2.45, 2.75) is 91.1 Å². The number of ketones is 1. The maximum atomic E-state index is 14.0. The molecule has 0 saturated heterocycles. The number of hydrogen-bond acceptors (Lipinski definition) is 6. The predicted molar refractivity (Wildman–Crippen MR) is 154 cm³/mol. The molecule has 4 atom stereocenters. The fourth-order valence-corrected chi connectivity index (χ4v) is 9.66. The lowest BCUT2D eigenvalue weighted by Gasteiger charge is -2.59. The summed E-state index contributed by atoms with van der Waals surface area (Å²) in [6, 6.07) is 1.68. The van der Waals surface area contributed by atoms with Gasteiger partial charge in [0, 0.05) is 23.8 Å². The van der Waals surface area contributed by atoms with Crippen LogP contribution in [0.1, 0.15) is 88.9 Å². The van der Waals surface area contributed by atoms with E-state index in [4.69, 9.17) is 13.9 Å². The van der Waals surface area contributed by atoms with Crippen molar-refractivity contribution >= 4 is 23.9 Å². The van der Waals surface area contributed by atoms with E-state index in [0.717, 1.165) is 18.4 Å². The summed E-state index contributed by atoms with van der Waals surface area (Å²) in [5.74, 6) is 1.72. The van der Waals surface area contributed by atoms with Gasteiger partial charge in [-0.25, -0.2) is 8.42 Å². The molecule has 38 heavy (non-hydrogen) atoms. The minimum absolute atomic E-state index is 0.106. The van der Waals surface area contributed by atoms with E-state index >= 15 is 0 Å². The Labute approximate surface area is 230 Å². The SMILES string of the molecule is COc1cc(OC)c([C@@H]2[C@H]3C[C@H]4C[C@@H](C3=CS2(=O)=O)C4(C)C)c(O[Si](C)(C)C(C)(C)C)c1C(=O)CC(C)C. The molecule has 0 N–H and O–H groups in total. The number of rotatable bonds is 8. The van der Waals surface area contributed by atoms with Gasteiger partial charge in [0.1, 0.15) is 28.1 Å². The van der Waals surface area contributed by atoms with Gasteiger partial charge >= 0.3 is 0 Å². The minimum Gasteiger partial charge on any atom is -0.543 e. The molecule has 1 aromatic carbocycles. The van der Waals surface area contributed by atoms with Gasteiger partial charge < -0.3 is 13.9 Å². The maximum Gasteiger partial charge on any atom is 0.250 e. The normalized spacial score (nSPS) is 27.3. The lowest BCUT2D eigenvalue weighted by atomic mass is 9.45. The highest BCUT2D eigenvalue weighted by molar-refractivity contribution is 7.94. The molecule has 2 bridgehead atoms. The predicted octanol–water partition coefficient (Wildman–Crippen LogP) is 7.35. The molecular formula is C30H46O6SSi. The largest absolute Gasteiger partial charge is 0.543 e. The number of carbonyl (C=O) groups is 1. The summed E-state index contributed by atoms with van der Waals surface area (Å²) >= 11 is 0. The number of sulfone groups is 1. The van der Waals surface area contributed by atoms with Crippen LogP contribution in [-0.2, 0) is 9.84 Å². The molecule has 1 heterocycles. The molecule has 4 aliphatic rings. The third-order valence-electron chi connectivity index (χ3n) is 9.87. The molecule has 212 valence electrons. The topological polar surface area (TPSA) is 78.9 Å². The third-order valence-corrected chi connectivity index (χ3v) is 16.1. The van der Waals surface area contributed by atoms with Crippen molar-refractivity contribution in [3.05, 3.63) is 28.2 Å². The summed E-state index contributed by atoms with van der Waals surface area (Å²) in [5, 5.41) is 0.526. The lowest BCUT2D eigenvalue weighted by molar-refractivity contribution is -0.0464. The molecule has 6 nitrogen and oxygen atoms in total. The lowest BCUT2D eigenvalue weighted by Crippen LogP contribution is -2.52. The Balaban J connectivity index is 2.00. The van der Waals surface area contributed by atoms with Gasteiger partial charge in [-0.2, -0.15) is 0 Å². The van der Waals surface area contributed by atoms with E-state index in [9.17, 15) is 13.2 Å². The zero-order valence-corrected chi connectivity index (χ0v) is 26.8.